The molecule has 2 rings (SSSR count). The minimum atomic E-state index is -5.91. The van der Waals surface area contributed by atoms with Gasteiger partial charge < -0.3 is 34.5 Å². The van der Waals surface area contributed by atoms with Crippen molar-refractivity contribution < 1.29 is 70.1 Å². The molecule has 1 aliphatic heterocycles. The first-order valence-corrected chi connectivity index (χ1v) is 12.7. The summed E-state index contributed by atoms with van der Waals surface area (Å²) in [6.07, 6.45) is -4.21. The number of nitrogens with one attached hydrogen (secondary N) is 1. The van der Waals surface area contributed by atoms with Gasteiger partial charge in [0.2, 0.25) is 5.82 Å². The van der Waals surface area contributed by atoms with E-state index in [1.165, 1.54) is 0 Å². The highest BCUT2D eigenvalue weighted by Gasteiger charge is 2.63. The summed E-state index contributed by atoms with van der Waals surface area (Å²) >= 11 is 4.75. The van der Waals surface area contributed by atoms with Gasteiger partial charge in [-0.1, -0.05) is 0 Å². The van der Waals surface area contributed by atoms with Crippen LogP contribution in [0.15, 0.2) is 11.0 Å². The molecule has 0 bridgehead atoms. The summed E-state index contributed by atoms with van der Waals surface area (Å²) in [6, 6.07) is 0. The molecule has 0 radical (unpaired) electrons. The number of halogens is 2. The van der Waals surface area contributed by atoms with Gasteiger partial charge in [0, 0.05) is 0 Å². The van der Waals surface area contributed by atoms with E-state index in [1.807, 2.05) is 4.98 Å². The molecule has 16 nitrogen and oxygen atoms in total. The molecule has 2 heterocycles. The SMILES string of the molecule is C[C@@]1(O)C(O)[C@@](F)(COP(=O)(O)OP(=O)(O)OP(=O)(O)O)O[C@H]1n1cc(F)c(=O)[nH]c1=S. The Morgan fingerprint density at radius 1 is 1.25 bits per heavy atom. The molecule has 184 valence electrons. The van der Waals surface area contributed by atoms with Crippen molar-refractivity contribution in [2.24, 2.45) is 0 Å². The van der Waals surface area contributed by atoms with Crippen LogP contribution >= 0.6 is 35.7 Å². The van der Waals surface area contributed by atoms with Crippen LogP contribution in [0, 0.1) is 10.6 Å². The lowest BCUT2D eigenvalue weighted by Crippen LogP contribution is -2.49. The third-order valence-corrected chi connectivity index (χ3v) is 7.88. The highest BCUT2D eigenvalue weighted by Crippen LogP contribution is 2.66. The van der Waals surface area contributed by atoms with Gasteiger partial charge in [-0.2, -0.15) is 13.0 Å². The number of ether oxygens (including phenoxy) is 1. The van der Waals surface area contributed by atoms with Crippen LogP contribution in [-0.4, -0.2) is 63.5 Å². The van der Waals surface area contributed by atoms with E-state index in [1.54, 1.807) is 0 Å². The molecule has 1 saturated heterocycles. The van der Waals surface area contributed by atoms with Crippen molar-refractivity contribution >= 4 is 35.7 Å². The van der Waals surface area contributed by atoms with E-state index >= 15 is 4.39 Å². The first-order valence-electron chi connectivity index (χ1n) is 7.76. The van der Waals surface area contributed by atoms with Crippen molar-refractivity contribution in [3.8, 4) is 0 Å². The second-order valence-electron chi connectivity index (χ2n) is 6.39. The fraction of sp³-hybridized carbons (Fsp3) is 0.600. The molecule has 1 fully saturated rings. The van der Waals surface area contributed by atoms with E-state index in [4.69, 9.17) is 31.6 Å². The van der Waals surface area contributed by atoms with Crippen molar-refractivity contribution in [1.82, 2.24) is 9.55 Å². The summed E-state index contributed by atoms with van der Waals surface area (Å²) in [5.41, 5.74) is -3.89. The molecule has 1 aliphatic rings. The van der Waals surface area contributed by atoms with Gasteiger partial charge in [-0.25, -0.2) is 18.1 Å². The second-order valence-corrected chi connectivity index (χ2v) is 11.2. The monoisotopic (exact) mass is 550 g/mol. The van der Waals surface area contributed by atoms with Crippen LogP contribution in [0.3, 0.4) is 0 Å². The molecule has 32 heavy (non-hydrogen) atoms. The molecular formula is C10H15F2N2O14P3S. The van der Waals surface area contributed by atoms with E-state index in [9.17, 15) is 38.0 Å². The fourth-order valence-corrected chi connectivity index (χ4v) is 5.77. The Labute approximate surface area is 180 Å². The molecule has 0 aliphatic carbocycles. The molecule has 1 aromatic heterocycles. The quantitative estimate of drug-likeness (QED) is 0.162. The largest absolute Gasteiger partial charge is 0.490 e. The number of hydrogen-bond donors (Lipinski definition) is 7. The molecule has 0 aromatic carbocycles. The number of rotatable bonds is 8. The predicted molar refractivity (Wildman–Crippen MR) is 96.3 cm³/mol. The molecule has 0 amide bonds. The maximum atomic E-state index is 15.1. The maximum Gasteiger partial charge on any atom is 0.490 e. The average Bonchev–Trinajstić information content (AvgIpc) is 2.74. The number of aromatic amines is 1. The summed E-state index contributed by atoms with van der Waals surface area (Å²) in [5.74, 6) is -5.00. The zero-order valence-electron chi connectivity index (χ0n) is 15.3. The Bertz CT molecular complexity index is 1150. The normalized spacial score (nSPS) is 32.4. The van der Waals surface area contributed by atoms with Crippen molar-refractivity contribution in [1.29, 1.82) is 0 Å². The lowest BCUT2D eigenvalue weighted by atomic mass is 9.95. The smallest absolute Gasteiger partial charge is 0.384 e. The second kappa shape index (κ2) is 8.79. The Morgan fingerprint density at radius 2 is 1.81 bits per heavy atom. The molecular weight excluding hydrogens is 535 g/mol. The molecule has 0 saturated carbocycles. The summed E-state index contributed by atoms with van der Waals surface area (Å²) in [4.78, 5) is 48.4. The number of nitrogens with zero attached hydrogens (tertiary/aromatic N) is 1. The predicted octanol–water partition coefficient (Wildman–Crippen LogP) is -0.305. The van der Waals surface area contributed by atoms with Crippen LogP contribution in [-0.2, 0) is 31.6 Å². The number of phosphoric ester groups is 1. The third-order valence-electron chi connectivity index (χ3n) is 3.79. The Hall–Kier alpha value is -0.750. The van der Waals surface area contributed by atoms with Gasteiger partial charge in [0.15, 0.2) is 11.0 Å². The standard InChI is InChI=1S/C10H15F2N2O14P3S/c1-9(17)6(16)10(12,26-7(9)14-2-4(11)5(15)13-8(14)32)3-25-30(21,22)28-31(23,24)27-29(18,19)20/h2,6-7,16-17H,3H2,1H3,(H,21,22)(H,23,24)(H,13,15,32)(H2,18,19,20)/t6?,7-,9-,10-/m1/s1. The Balaban J connectivity index is 2.26. The molecule has 3 unspecified atom stereocenters. The van der Waals surface area contributed by atoms with E-state index in [0.717, 1.165) is 6.92 Å². The first-order chi connectivity index (χ1) is 14.2. The van der Waals surface area contributed by atoms with Gasteiger partial charge in [-0.3, -0.25) is 18.9 Å². The topological polar surface area (TPSA) is 247 Å². The number of phosphoric acid groups is 3. The third kappa shape index (κ3) is 6.22. The first kappa shape index (κ1) is 27.5. The summed E-state index contributed by atoms with van der Waals surface area (Å²) in [6.45, 7) is -0.997. The van der Waals surface area contributed by atoms with Crippen LogP contribution in [0.2, 0.25) is 0 Å². The van der Waals surface area contributed by atoms with E-state index in [2.05, 4.69) is 13.1 Å². The number of hydrogen-bond acceptors (Lipinski definition) is 11. The van der Waals surface area contributed by atoms with Gasteiger partial charge >= 0.3 is 23.5 Å². The molecule has 22 heteroatoms. The van der Waals surface area contributed by atoms with Crippen molar-refractivity contribution in [3.63, 3.8) is 0 Å². The van der Waals surface area contributed by atoms with Gasteiger partial charge in [0.25, 0.3) is 11.4 Å². The number of aromatic nitrogens is 2. The Kier molecular flexibility index (Phi) is 7.56. The number of alkyl halides is 1. The van der Waals surface area contributed by atoms with Crippen LogP contribution < -0.4 is 5.56 Å². The molecule has 6 atom stereocenters. The van der Waals surface area contributed by atoms with Crippen LogP contribution in [0.4, 0.5) is 8.78 Å². The van der Waals surface area contributed by atoms with Crippen molar-refractivity contribution in [2.75, 3.05) is 6.61 Å². The minimum Gasteiger partial charge on any atom is -0.384 e. The minimum absolute atomic E-state index is 0.418. The molecule has 7 N–H and O–H groups in total. The number of aliphatic hydroxyl groups is 2. The number of H-pyrrole nitrogens is 1. The van der Waals surface area contributed by atoms with Gasteiger partial charge in [-0.15, -0.1) is 0 Å². The lowest BCUT2D eigenvalue weighted by molar-refractivity contribution is -0.204. The summed E-state index contributed by atoms with van der Waals surface area (Å²) in [7, 11) is -17.4. The highest BCUT2D eigenvalue weighted by atomic mass is 32.1. The molecule has 0 spiro atoms. The molecule has 1 aromatic rings. The van der Waals surface area contributed by atoms with Crippen molar-refractivity contribution in [2.45, 2.75) is 30.7 Å². The van der Waals surface area contributed by atoms with Gasteiger partial charge in [-0.05, 0) is 19.1 Å². The van der Waals surface area contributed by atoms with E-state index in [-0.39, 0.29) is 0 Å². The zero-order valence-corrected chi connectivity index (χ0v) is 18.8. The number of aliphatic hydroxyl groups excluding tert-OH is 1. The van der Waals surface area contributed by atoms with Crippen LogP contribution in [0.5, 0.6) is 0 Å². The summed E-state index contributed by atoms with van der Waals surface area (Å²) < 4.78 is 78.0. The van der Waals surface area contributed by atoms with Gasteiger partial charge in [0.1, 0.15) is 18.3 Å². The van der Waals surface area contributed by atoms with Crippen molar-refractivity contribution in [3.05, 3.63) is 27.1 Å². The highest BCUT2D eigenvalue weighted by molar-refractivity contribution is 7.71. The van der Waals surface area contributed by atoms with Crippen LogP contribution in [0.1, 0.15) is 13.2 Å². The van der Waals surface area contributed by atoms with E-state index in [0.29, 0.717) is 10.8 Å². The summed E-state index contributed by atoms with van der Waals surface area (Å²) in [5, 5.41) is 20.6. The maximum absolute atomic E-state index is 15.1. The van der Waals surface area contributed by atoms with Crippen LogP contribution in [0.25, 0.3) is 0 Å². The van der Waals surface area contributed by atoms with E-state index < -0.39 is 70.0 Å². The Morgan fingerprint density at radius 3 is 2.34 bits per heavy atom. The lowest BCUT2D eigenvalue weighted by Gasteiger charge is -2.28. The zero-order chi connectivity index (χ0) is 24.9. The van der Waals surface area contributed by atoms with Gasteiger partial charge in [0.05, 0.1) is 6.20 Å². The average molecular weight is 550 g/mol. The fourth-order valence-electron chi connectivity index (χ4n) is 2.50.